The lowest BCUT2D eigenvalue weighted by molar-refractivity contribution is 0.391. The monoisotopic (exact) mass is 288 g/mol. The Labute approximate surface area is 121 Å². The van der Waals surface area contributed by atoms with E-state index in [1.807, 2.05) is 36.0 Å². The summed E-state index contributed by atoms with van der Waals surface area (Å²) in [7, 11) is 1.65. The number of imidazole rings is 1. The highest BCUT2D eigenvalue weighted by Gasteiger charge is 2.15. The van der Waals surface area contributed by atoms with Crippen molar-refractivity contribution in [3.63, 3.8) is 0 Å². The predicted octanol–water partition coefficient (Wildman–Crippen LogP) is 2.65. The molecule has 20 heavy (non-hydrogen) atoms. The Kier molecular flexibility index (Phi) is 3.66. The van der Waals surface area contributed by atoms with E-state index in [2.05, 4.69) is 26.6 Å². The number of ether oxygens (including phenoxy) is 1. The van der Waals surface area contributed by atoms with Gasteiger partial charge < -0.3 is 10.1 Å². The van der Waals surface area contributed by atoms with Gasteiger partial charge in [-0.25, -0.2) is 0 Å². The number of hydrogen-bond donors (Lipinski definition) is 1. The van der Waals surface area contributed by atoms with Gasteiger partial charge in [-0.05, 0) is 19.1 Å². The van der Waals surface area contributed by atoms with E-state index in [1.165, 1.54) is 0 Å². The van der Waals surface area contributed by atoms with E-state index in [4.69, 9.17) is 4.74 Å². The Balaban J connectivity index is 1.78. The number of pyridine rings is 1. The number of fused-ring (bicyclic) bond motifs is 1. The largest absolute Gasteiger partial charge is 0.480 e. The molecule has 1 atom stereocenters. The van der Waals surface area contributed by atoms with Crippen LogP contribution in [0.2, 0.25) is 0 Å². The predicted molar refractivity (Wildman–Crippen MR) is 79.1 cm³/mol. The smallest absolute Gasteiger partial charge is 0.237 e. The maximum absolute atomic E-state index is 5.35. The summed E-state index contributed by atoms with van der Waals surface area (Å²) in [6.45, 7) is 2.78. The van der Waals surface area contributed by atoms with Crippen molar-refractivity contribution in [2.75, 3.05) is 7.11 Å². The van der Waals surface area contributed by atoms with Crippen LogP contribution in [-0.2, 0) is 6.54 Å². The number of nitrogens with one attached hydrogen (secondary N) is 1. The number of rotatable bonds is 5. The summed E-state index contributed by atoms with van der Waals surface area (Å²) in [5, 5.41) is 5.48. The lowest BCUT2D eigenvalue weighted by atomic mass is 10.2. The number of methoxy groups -OCH3 is 1. The van der Waals surface area contributed by atoms with E-state index < -0.39 is 0 Å². The summed E-state index contributed by atoms with van der Waals surface area (Å²) in [5.41, 5.74) is 2.06. The number of aromatic nitrogens is 3. The van der Waals surface area contributed by atoms with E-state index in [1.54, 1.807) is 18.4 Å². The minimum Gasteiger partial charge on any atom is -0.480 e. The molecule has 5 nitrogen and oxygen atoms in total. The lowest BCUT2D eigenvalue weighted by Crippen LogP contribution is -2.20. The van der Waals surface area contributed by atoms with Crippen LogP contribution in [0.15, 0.2) is 36.0 Å². The van der Waals surface area contributed by atoms with Crippen molar-refractivity contribution in [1.29, 1.82) is 0 Å². The second kappa shape index (κ2) is 5.60. The zero-order chi connectivity index (χ0) is 13.9. The van der Waals surface area contributed by atoms with Crippen molar-refractivity contribution in [1.82, 2.24) is 19.7 Å². The molecule has 0 fully saturated rings. The minimum atomic E-state index is 0.171. The topological polar surface area (TPSA) is 51.5 Å². The highest BCUT2D eigenvalue weighted by Crippen LogP contribution is 2.23. The van der Waals surface area contributed by atoms with Crippen LogP contribution in [0.3, 0.4) is 0 Å². The Morgan fingerprint density at radius 1 is 1.45 bits per heavy atom. The Morgan fingerprint density at radius 3 is 3.10 bits per heavy atom. The van der Waals surface area contributed by atoms with Crippen molar-refractivity contribution in [2.45, 2.75) is 19.5 Å². The van der Waals surface area contributed by atoms with Gasteiger partial charge in [-0.15, -0.1) is 11.3 Å². The summed E-state index contributed by atoms with van der Waals surface area (Å²) in [6.07, 6.45) is 3.82. The summed E-state index contributed by atoms with van der Waals surface area (Å²) < 4.78 is 7.40. The van der Waals surface area contributed by atoms with Gasteiger partial charge in [0, 0.05) is 30.4 Å². The first-order valence-corrected chi connectivity index (χ1v) is 7.30. The molecular weight excluding hydrogens is 272 g/mol. The molecule has 0 saturated heterocycles. The molecule has 0 amide bonds. The molecule has 0 radical (unpaired) electrons. The third-order valence-electron chi connectivity index (χ3n) is 3.22. The minimum absolute atomic E-state index is 0.171. The fraction of sp³-hybridized carbons (Fsp3) is 0.286. The van der Waals surface area contributed by atoms with Crippen molar-refractivity contribution >= 4 is 16.3 Å². The van der Waals surface area contributed by atoms with Gasteiger partial charge >= 0.3 is 0 Å². The second-order valence-electron chi connectivity index (χ2n) is 4.48. The van der Waals surface area contributed by atoms with Gasteiger partial charge in [0.25, 0.3) is 0 Å². The summed E-state index contributed by atoms with van der Waals surface area (Å²) in [6, 6.07) is 6.11. The number of hydrogen-bond acceptors (Lipinski definition) is 5. The number of nitrogens with zero attached hydrogens (tertiary/aromatic N) is 3. The van der Waals surface area contributed by atoms with Crippen molar-refractivity contribution in [2.24, 2.45) is 0 Å². The molecule has 0 saturated carbocycles. The van der Waals surface area contributed by atoms with Gasteiger partial charge in [-0.2, -0.15) is 4.98 Å². The first kappa shape index (κ1) is 13.1. The molecular formula is C14H16N4OS. The van der Waals surface area contributed by atoms with Crippen molar-refractivity contribution < 1.29 is 4.74 Å². The standard InChI is InChI=1S/C14H16N4OS/c1-10(11-5-3-4-6-15-11)16-9-12-13(19-2)17-14-18(12)7-8-20-14/h3-8,10,16H,9H2,1-2H3/t10-/m1/s1. The summed E-state index contributed by atoms with van der Waals surface area (Å²) in [4.78, 5) is 9.75. The van der Waals surface area contributed by atoms with Crippen molar-refractivity contribution in [3.05, 3.63) is 47.4 Å². The summed E-state index contributed by atoms with van der Waals surface area (Å²) >= 11 is 1.60. The van der Waals surface area contributed by atoms with E-state index in [0.717, 1.165) is 16.3 Å². The van der Waals surface area contributed by atoms with Gasteiger partial charge in [-0.1, -0.05) is 6.07 Å². The molecule has 0 bridgehead atoms. The third-order valence-corrected chi connectivity index (χ3v) is 3.98. The Morgan fingerprint density at radius 2 is 2.35 bits per heavy atom. The van der Waals surface area contributed by atoms with Crippen molar-refractivity contribution in [3.8, 4) is 5.88 Å². The van der Waals surface area contributed by atoms with Gasteiger partial charge in [0.2, 0.25) is 5.88 Å². The molecule has 3 aromatic rings. The SMILES string of the molecule is COc1nc2sccn2c1CN[C@H](C)c1ccccn1. The highest BCUT2D eigenvalue weighted by atomic mass is 32.1. The molecule has 0 unspecified atom stereocenters. The lowest BCUT2D eigenvalue weighted by Gasteiger charge is -2.13. The first-order chi connectivity index (χ1) is 9.79. The number of thiazole rings is 1. The molecule has 0 aliphatic heterocycles. The molecule has 3 heterocycles. The average Bonchev–Trinajstić information content (AvgIpc) is 3.06. The molecule has 1 N–H and O–H groups in total. The molecule has 0 aliphatic carbocycles. The van der Waals surface area contributed by atoms with E-state index in [0.29, 0.717) is 12.4 Å². The zero-order valence-corrected chi connectivity index (χ0v) is 12.2. The zero-order valence-electron chi connectivity index (χ0n) is 11.4. The maximum atomic E-state index is 5.35. The molecule has 3 rings (SSSR count). The Hall–Kier alpha value is -1.92. The van der Waals surface area contributed by atoms with Crippen LogP contribution in [0.1, 0.15) is 24.4 Å². The van der Waals surface area contributed by atoms with E-state index >= 15 is 0 Å². The van der Waals surface area contributed by atoms with E-state index in [-0.39, 0.29) is 6.04 Å². The summed E-state index contributed by atoms with van der Waals surface area (Å²) in [5.74, 6) is 0.678. The highest BCUT2D eigenvalue weighted by molar-refractivity contribution is 7.15. The third kappa shape index (κ3) is 2.39. The van der Waals surface area contributed by atoms with Gasteiger partial charge in [0.05, 0.1) is 12.8 Å². The van der Waals surface area contributed by atoms with Crippen LogP contribution in [-0.4, -0.2) is 21.5 Å². The maximum Gasteiger partial charge on any atom is 0.237 e. The molecule has 6 heteroatoms. The quantitative estimate of drug-likeness (QED) is 0.784. The van der Waals surface area contributed by atoms with Crippen LogP contribution < -0.4 is 10.1 Å². The van der Waals surface area contributed by atoms with Gasteiger partial charge in [0.1, 0.15) is 5.69 Å². The van der Waals surface area contributed by atoms with Crippen LogP contribution in [0.25, 0.3) is 4.96 Å². The molecule has 3 aromatic heterocycles. The molecule has 0 aliphatic rings. The van der Waals surface area contributed by atoms with Crippen LogP contribution in [0.5, 0.6) is 5.88 Å². The van der Waals surface area contributed by atoms with Gasteiger partial charge in [0.15, 0.2) is 4.96 Å². The fourth-order valence-corrected chi connectivity index (χ4v) is 2.85. The van der Waals surface area contributed by atoms with Crippen LogP contribution in [0, 0.1) is 0 Å². The average molecular weight is 288 g/mol. The molecule has 0 spiro atoms. The molecule has 0 aromatic carbocycles. The fourth-order valence-electron chi connectivity index (χ4n) is 2.12. The second-order valence-corrected chi connectivity index (χ2v) is 5.35. The van der Waals surface area contributed by atoms with E-state index in [9.17, 15) is 0 Å². The normalized spacial score (nSPS) is 12.7. The van der Waals surface area contributed by atoms with Crippen LogP contribution in [0.4, 0.5) is 0 Å². The van der Waals surface area contributed by atoms with Crippen LogP contribution >= 0.6 is 11.3 Å². The Bertz CT molecular complexity index is 692. The molecule has 104 valence electrons. The first-order valence-electron chi connectivity index (χ1n) is 6.42. The van der Waals surface area contributed by atoms with Gasteiger partial charge in [-0.3, -0.25) is 9.38 Å².